The molecule has 0 aliphatic rings. The maximum Gasteiger partial charge on any atom is 0.263 e. The SMILES string of the molecule is CCOc1ccc(-n2cc(C(=O)Nc3ccccc3OC)c3cc(OC)c(OC)cc3c2=O)cc1. The van der Waals surface area contributed by atoms with Crippen LogP contribution in [0.1, 0.15) is 17.3 Å². The summed E-state index contributed by atoms with van der Waals surface area (Å²) in [6.07, 6.45) is 1.52. The molecular formula is C27H26N2O6. The van der Waals surface area contributed by atoms with Crippen LogP contribution in [-0.4, -0.2) is 38.4 Å². The molecule has 0 unspecified atom stereocenters. The summed E-state index contributed by atoms with van der Waals surface area (Å²) >= 11 is 0. The fourth-order valence-electron chi connectivity index (χ4n) is 3.85. The number of hydrogen-bond donors (Lipinski definition) is 1. The zero-order valence-electron chi connectivity index (χ0n) is 20.0. The Morgan fingerprint density at radius 3 is 2.11 bits per heavy atom. The monoisotopic (exact) mass is 474 g/mol. The molecule has 4 aromatic rings. The fourth-order valence-corrected chi connectivity index (χ4v) is 3.85. The van der Waals surface area contributed by atoms with Gasteiger partial charge in [0.15, 0.2) is 11.5 Å². The lowest BCUT2D eigenvalue weighted by atomic mass is 10.0. The van der Waals surface area contributed by atoms with Crippen molar-refractivity contribution in [2.75, 3.05) is 33.3 Å². The second kappa shape index (κ2) is 10.2. The smallest absolute Gasteiger partial charge is 0.263 e. The number of carbonyl (C=O) groups excluding carboxylic acids is 1. The van der Waals surface area contributed by atoms with Crippen LogP contribution < -0.4 is 29.8 Å². The third-order valence-electron chi connectivity index (χ3n) is 5.55. The highest BCUT2D eigenvalue weighted by atomic mass is 16.5. The highest BCUT2D eigenvalue weighted by molar-refractivity contribution is 6.13. The van der Waals surface area contributed by atoms with Gasteiger partial charge in [-0.05, 0) is 55.5 Å². The maximum atomic E-state index is 13.5. The van der Waals surface area contributed by atoms with Gasteiger partial charge >= 0.3 is 0 Å². The number of benzene rings is 3. The summed E-state index contributed by atoms with van der Waals surface area (Å²) in [7, 11) is 4.52. The van der Waals surface area contributed by atoms with Gasteiger partial charge in [-0.3, -0.25) is 14.2 Å². The van der Waals surface area contributed by atoms with E-state index < -0.39 is 5.91 Å². The van der Waals surface area contributed by atoms with E-state index in [2.05, 4.69) is 5.32 Å². The number of anilines is 1. The number of amides is 1. The zero-order chi connectivity index (χ0) is 24.9. The molecule has 0 saturated heterocycles. The Kier molecular flexibility index (Phi) is 6.91. The molecule has 0 spiro atoms. The molecule has 180 valence electrons. The highest BCUT2D eigenvalue weighted by Crippen LogP contribution is 2.33. The van der Waals surface area contributed by atoms with Gasteiger partial charge < -0.3 is 24.3 Å². The highest BCUT2D eigenvalue weighted by Gasteiger charge is 2.20. The lowest BCUT2D eigenvalue weighted by Crippen LogP contribution is -2.23. The van der Waals surface area contributed by atoms with Crippen LogP contribution in [0.25, 0.3) is 16.5 Å². The molecule has 35 heavy (non-hydrogen) atoms. The molecular weight excluding hydrogens is 448 g/mol. The molecule has 0 atom stereocenters. The Labute approximate surface area is 202 Å². The Bertz CT molecular complexity index is 1430. The van der Waals surface area contributed by atoms with Gasteiger partial charge in [0.1, 0.15) is 11.5 Å². The van der Waals surface area contributed by atoms with Crippen LogP contribution in [-0.2, 0) is 0 Å². The van der Waals surface area contributed by atoms with Crippen molar-refractivity contribution in [1.29, 1.82) is 0 Å². The van der Waals surface area contributed by atoms with Crippen molar-refractivity contribution in [2.24, 2.45) is 0 Å². The zero-order valence-corrected chi connectivity index (χ0v) is 20.0. The van der Waals surface area contributed by atoms with Crippen molar-refractivity contribution < 1.29 is 23.7 Å². The molecule has 0 fully saturated rings. The molecule has 0 bridgehead atoms. The van der Waals surface area contributed by atoms with Crippen molar-refractivity contribution in [2.45, 2.75) is 6.92 Å². The Hall–Kier alpha value is -4.46. The van der Waals surface area contributed by atoms with E-state index in [4.69, 9.17) is 18.9 Å². The van der Waals surface area contributed by atoms with E-state index in [0.717, 1.165) is 0 Å². The van der Waals surface area contributed by atoms with Crippen molar-refractivity contribution >= 4 is 22.4 Å². The van der Waals surface area contributed by atoms with Crippen LogP contribution in [0, 0.1) is 0 Å². The van der Waals surface area contributed by atoms with Gasteiger partial charge in [-0.2, -0.15) is 0 Å². The predicted octanol–water partition coefficient (Wildman–Crippen LogP) is 4.67. The van der Waals surface area contributed by atoms with E-state index in [-0.39, 0.29) is 11.1 Å². The van der Waals surface area contributed by atoms with E-state index in [0.29, 0.717) is 51.8 Å². The molecule has 8 nitrogen and oxygen atoms in total. The van der Waals surface area contributed by atoms with Crippen LogP contribution in [0.2, 0.25) is 0 Å². The fraction of sp³-hybridized carbons (Fsp3) is 0.185. The van der Waals surface area contributed by atoms with Crippen molar-refractivity contribution in [3.63, 3.8) is 0 Å². The van der Waals surface area contributed by atoms with Gasteiger partial charge in [0.05, 0.1) is 44.6 Å². The van der Waals surface area contributed by atoms with E-state index in [1.807, 2.05) is 13.0 Å². The summed E-state index contributed by atoms with van der Waals surface area (Å²) in [5.41, 5.74) is 1.06. The lowest BCUT2D eigenvalue weighted by molar-refractivity contribution is 0.102. The van der Waals surface area contributed by atoms with Crippen LogP contribution in [0.4, 0.5) is 5.69 Å². The maximum absolute atomic E-state index is 13.5. The first kappa shape index (κ1) is 23.7. The van der Waals surface area contributed by atoms with E-state index >= 15 is 0 Å². The third-order valence-corrected chi connectivity index (χ3v) is 5.55. The average molecular weight is 475 g/mol. The number of nitrogens with one attached hydrogen (secondary N) is 1. The van der Waals surface area contributed by atoms with Crippen molar-refractivity contribution in [3.8, 4) is 28.7 Å². The minimum atomic E-state index is -0.411. The normalized spacial score (nSPS) is 10.6. The van der Waals surface area contributed by atoms with Crippen molar-refractivity contribution in [3.05, 3.63) is 82.8 Å². The topological polar surface area (TPSA) is 88.0 Å². The summed E-state index contributed by atoms with van der Waals surface area (Å²) in [5.74, 6) is 1.59. The predicted molar refractivity (Wildman–Crippen MR) is 135 cm³/mol. The lowest BCUT2D eigenvalue weighted by Gasteiger charge is -2.16. The third kappa shape index (κ3) is 4.63. The Morgan fingerprint density at radius 2 is 1.49 bits per heavy atom. The molecule has 8 heteroatoms. The quantitative estimate of drug-likeness (QED) is 0.399. The summed E-state index contributed by atoms with van der Waals surface area (Å²) < 4.78 is 23.1. The molecule has 0 aliphatic heterocycles. The molecule has 0 aliphatic carbocycles. The van der Waals surface area contributed by atoms with Gasteiger partial charge in [0.2, 0.25) is 0 Å². The molecule has 1 N–H and O–H groups in total. The number of nitrogens with zero attached hydrogens (tertiary/aromatic N) is 1. The molecule has 1 amide bonds. The summed E-state index contributed by atoms with van der Waals surface area (Å²) in [4.78, 5) is 27.0. The molecule has 0 saturated carbocycles. The number of rotatable bonds is 8. The largest absolute Gasteiger partial charge is 0.495 e. The van der Waals surface area contributed by atoms with E-state index in [1.165, 1.54) is 32.1 Å². The second-order valence-corrected chi connectivity index (χ2v) is 7.55. The molecule has 1 aromatic heterocycles. The van der Waals surface area contributed by atoms with Gasteiger partial charge in [0, 0.05) is 17.3 Å². The summed E-state index contributed by atoms with van der Waals surface area (Å²) in [6, 6.07) is 17.4. The van der Waals surface area contributed by atoms with Gasteiger partial charge in [-0.15, -0.1) is 0 Å². The van der Waals surface area contributed by atoms with Crippen molar-refractivity contribution in [1.82, 2.24) is 4.57 Å². The summed E-state index contributed by atoms with van der Waals surface area (Å²) in [6.45, 7) is 2.43. The first-order valence-electron chi connectivity index (χ1n) is 11.0. The number of methoxy groups -OCH3 is 3. The average Bonchev–Trinajstić information content (AvgIpc) is 2.89. The molecule has 1 heterocycles. The molecule has 4 rings (SSSR count). The van der Waals surface area contributed by atoms with Gasteiger partial charge in [-0.1, -0.05) is 12.1 Å². The Balaban J connectivity index is 1.92. The van der Waals surface area contributed by atoms with Gasteiger partial charge in [0.25, 0.3) is 11.5 Å². The number of hydrogen-bond acceptors (Lipinski definition) is 6. The van der Waals surface area contributed by atoms with Crippen LogP contribution in [0.3, 0.4) is 0 Å². The van der Waals surface area contributed by atoms with Crippen LogP contribution in [0.5, 0.6) is 23.0 Å². The standard InChI is InChI=1S/C27H26N2O6/c1-5-35-18-12-10-17(11-13-18)29-16-21(26(30)28-22-8-6-7-9-23(22)32-2)19-14-24(33-3)25(34-4)15-20(19)27(29)31/h6-16H,5H2,1-4H3,(H,28,30). The number of pyridine rings is 1. The van der Waals surface area contributed by atoms with Gasteiger partial charge in [-0.25, -0.2) is 0 Å². The van der Waals surface area contributed by atoms with E-state index in [9.17, 15) is 9.59 Å². The van der Waals surface area contributed by atoms with E-state index in [1.54, 1.807) is 54.6 Å². The number of para-hydroxylation sites is 2. The van der Waals surface area contributed by atoms with Crippen LogP contribution >= 0.6 is 0 Å². The first-order valence-corrected chi connectivity index (χ1v) is 11.0. The minimum absolute atomic E-state index is 0.278. The minimum Gasteiger partial charge on any atom is -0.495 e. The van der Waals surface area contributed by atoms with Crippen LogP contribution in [0.15, 0.2) is 71.7 Å². The number of fused-ring (bicyclic) bond motifs is 1. The Morgan fingerprint density at radius 1 is 0.857 bits per heavy atom. The second-order valence-electron chi connectivity index (χ2n) is 7.55. The molecule has 3 aromatic carbocycles. The number of ether oxygens (including phenoxy) is 4. The molecule has 0 radical (unpaired) electrons. The summed E-state index contributed by atoms with van der Waals surface area (Å²) in [5, 5.41) is 3.63. The first-order chi connectivity index (χ1) is 17.0. The number of carbonyl (C=O) groups is 1. The number of aromatic nitrogens is 1.